The van der Waals surface area contributed by atoms with Crippen molar-refractivity contribution in [1.82, 2.24) is 4.90 Å². The summed E-state index contributed by atoms with van der Waals surface area (Å²) < 4.78 is 5.18. The molecular weight excluding hydrogens is 256 g/mol. The fourth-order valence-electron chi connectivity index (χ4n) is 1.92. The van der Waals surface area contributed by atoms with Crippen molar-refractivity contribution in [3.8, 4) is 11.8 Å². The van der Waals surface area contributed by atoms with Gasteiger partial charge in [0, 0.05) is 19.1 Å². The van der Waals surface area contributed by atoms with Crippen molar-refractivity contribution < 1.29 is 14.6 Å². The van der Waals surface area contributed by atoms with E-state index in [0.717, 1.165) is 5.56 Å². The summed E-state index contributed by atoms with van der Waals surface area (Å²) in [5.74, 6) is -0.250. The fraction of sp³-hybridized carbons (Fsp3) is 0.467. The van der Waals surface area contributed by atoms with Gasteiger partial charge in [-0.1, -0.05) is 6.07 Å². The number of methoxy groups -OCH3 is 1. The molecule has 108 valence electrons. The molecule has 0 spiro atoms. The Morgan fingerprint density at radius 2 is 2.20 bits per heavy atom. The number of aliphatic carboxylic acids is 1. The summed E-state index contributed by atoms with van der Waals surface area (Å²) in [6, 6.07) is 7.75. The standard InChI is InChI=1S/C15H20N2O3/c1-11(2)17(7-6-15(18)19)10-12-4-5-13(9-16)14(8-12)20-3/h4-5,8,11H,6-7,10H2,1-3H3,(H,18,19). The van der Waals surface area contributed by atoms with Crippen molar-refractivity contribution in [3.63, 3.8) is 0 Å². The normalized spacial score (nSPS) is 10.6. The van der Waals surface area contributed by atoms with Gasteiger partial charge >= 0.3 is 5.97 Å². The van der Waals surface area contributed by atoms with E-state index in [9.17, 15) is 4.79 Å². The zero-order chi connectivity index (χ0) is 15.1. The monoisotopic (exact) mass is 276 g/mol. The minimum absolute atomic E-state index is 0.117. The van der Waals surface area contributed by atoms with Crippen LogP contribution in [0.5, 0.6) is 5.75 Å². The van der Waals surface area contributed by atoms with E-state index in [0.29, 0.717) is 24.4 Å². The van der Waals surface area contributed by atoms with E-state index in [-0.39, 0.29) is 12.5 Å². The summed E-state index contributed by atoms with van der Waals surface area (Å²) in [5, 5.41) is 17.7. The zero-order valence-electron chi connectivity index (χ0n) is 12.1. The van der Waals surface area contributed by atoms with Gasteiger partial charge in [0.15, 0.2) is 0 Å². The average Bonchev–Trinajstić information content (AvgIpc) is 2.42. The first-order valence-electron chi connectivity index (χ1n) is 6.50. The van der Waals surface area contributed by atoms with Crippen LogP contribution in [-0.4, -0.2) is 35.7 Å². The first-order valence-corrected chi connectivity index (χ1v) is 6.50. The Morgan fingerprint density at radius 3 is 2.70 bits per heavy atom. The van der Waals surface area contributed by atoms with Crippen molar-refractivity contribution in [1.29, 1.82) is 5.26 Å². The van der Waals surface area contributed by atoms with Crippen molar-refractivity contribution in [2.75, 3.05) is 13.7 Å². The molecule has 5 heteroatoms. The Bertz CT molecular complexity index is 506. The van der Waals surface area contributed by atoms with E-state index >= 15 is 0 Å². The van der Waals surface area contributed by atoms with Crippen LogP contribution >= 0.6 is 0 Å². The summed E-state index contributed by atoms with van der Waals surface area (Å²) in [6.07, 6.45) is 0.117. The quantitative estimate of drug-likeness (QED) is 0.826. The minimum Gasteiger partial charge on any atom is -0.495 e. The molecule has 20 heavy (non-hydrogen) atoms. The second-order valence-electron chi connectivity index (χ2n) is 4.85. The van der Waals surface area contributed by atoms with Gasteiger partial charge in [0.2, 0.25) is 0 Å². The van der Waals surface area contributed by atoms with Crippen LogP contribution in [0.3, 0.4) is 0 Å². The molecule has 0 aliphatic rings. The van der Waals surface area contributed by atoms with E-state index in [1.165, 1.54) is 7.11 Å². The van der Waals surface area contributed by atoms with Crippen LogP contribution in [0.4, 0.5) is 0 Å². The van der Waals surface area contributed by atoms with E-state index in [4.69, 9.17) is 15.1 Å². The second kappa shape index (κ2) is 7.51. The van der Waals surface area contributed by atoms with Crippen LogP contribution < -0.4 is 4.74 Å². The first-order chi connectivity index (χ1) is 9.47. The SMILES string of the molecule is COc1cc(CN(CCC(=O)O)C(C)C)ccc1C#N. The lowest BCUT2D eigenvalue weighted by Gasteiger charge is -2.26. The molecule has 0 radical (unpaired) electrons. The maximum absolute atomic E-state index is 10.7. The molecule has 1 rings (SSSR count). The number of nitriles is 1. The molecule has 0 unspecified atom stereocenters. The predicted octanol–water partition coefficient (Wildman–Crippen LogP) is 2.25. The molecule has 0 bridgehead atoms. The number of carboxylic acids is 1. The van der Waals surface area contributed by atoms with E-state index in [1.54, 1.807) is 6.07 Å². The molecule has 0 amide bonds. The number of rotatable bonds is 7. The molecule has 0 fully saturated rings. The number of ether oxygens (including phenoxy) is 1. The largest absolute Gasteiger partial charge is 0.495 e. The first kappa shape index (κ1) is 16.0. The molecule has 0 aliphatic heterocycles. The molecule has 1 N–H and O–H groups in total. The summed E-state index contributed by atoms with van der Waals surface area (Å²) in [4.78, 5) is 12.8. The highest BCUT2D eigenvalue weighted by Crippen LogP contribution is 2.20. The highest BCUT2D eigenvalue weighted by atomic mass is 16.5. The lowest BCUT2D eigenvalue weighted by Crippen LogP contribution is -2.32. The maximum Gasteiger partial charge on any atom is 0.304 e. The summed E-state index contributed by atoms with van der Waals surface area (Å²) in [5.41, 5.74) is 1.50. The second-order valence-corrected chi connectivity index (χ2v) is 4.85. The molecule has 0 aromatic heterocycles. The Morgan fingerprint density at radius 1 is 1.50 bits per heavy atom. The molecule has 1 aromatic carbocycles. The number of nitrogens with zero attached hydrogens (tertiary/aromatic N) is 2. The van der Waals surface area contributed by atoms with Crippen LogP contribution in [0.1, 0.15) is 31.4 Å². The van der Waals surface area contributed by atoms with E-state index in [2.05, 4.69) is 11.0 Å². The summed E-state index contributed by atoms with van der Waals surface area (Å²) >= 11 is 0. The number of carboxylic acid groups (broad SMARTS) is 1. The van der Waals surface area contributed by atoms with Crippen LogP contribution in [0, 0.1) is 11.3 Å². The van der Waals surface area contributed by atoms with Gasteiger partial charge < -0.3 is 9.84 Å². The Hall–Kier alpha value is -2.06. The van der Waals surface area contributed by atoms with Crippen LogP contribution in [0.25, 0.3) is 0 Å². The van der Waals surface area contributed by atoms with Gasteiger partial charge in [-0.2, -0.15) is 5.26 Å². The van der Waals surface area contributed by atoms with Crippen LogP contribution in [-0.2, 0) is 11.3 Å². The number of hydrogen-bond donors (Lipinski definition) is 1. The van der Waals surface area contributed by atoms with Gasteiger partial charge in [-0.3, -0.25) is 9.69 Å². The molecular formula is C15H20N2O3. The third-order valence-corrected chi connectivity index (χ3v) is 3.12. The highest BCUT2D eigenvalue weighted by molar-refractivity contribution is 5.66. The predicted molar refractivity (Wildman–Crippen MR) is 75.5 cm³/mol. The topological polar surface area (TPSA) is 73.6 Å². The van der Waals surface area contributed by atoms with Crippen LogP contribution in [0.2, 0.25) is 0 Å². The average molecular weight is 276 g/mol. The van der Waals surface area contributed by atoms with Crippen molar-refractivity contribution >= 4 is 5.97 Å². The van der Waals surface area contributed by atoms with Gasteiger partial charge in [-0.15, -0.1) is 0 Å². The lowest BCUT2D eigenvalue weighted by molar-refractivity contribution is -0.137. The van der Waals surface area contributed by atoms with Gasteiger partial charge in [0.05, 0.1) is 19.1 Å². The third kappa shape index (κ3) is 4.56. The number of benzene rings is 1. The smallest absolute Gasteiger partial charge is 0.304 e. The Balaban J connectivity index is 2.83. The highest BCUT2D eigenvalue weighted by Gasteiger charge is 2.13. The zero-order valence-corrected chi connectivity index (χ0v) is 12.1. The lowest BCUT2D eigenvalue weighted by atomic mass is 10.1. The van der Waals surface area contributed by atoms with E-state index in [1.807, 2.05) is 26.0 Å². The van der Waals surface area contributed by atoms with Crippen molar-refractivity contribution in [2.45, 2.75) is 32.9 Å². The minimum atomic E-state index is -0.798. The van der Waals surface area contributed by atoms with E-state index < -0.39 is 5.97 Å². The van der Waals surface area contributed by atoms with Crippen LogP contribution in [0.15, 0.2) is 18.2 Å². The summed E-state index contributed by atoms with van der Waals surface area (Å²) in [6.45, 7) is 5.19. The molecule has 1 aromatic rings. The molecule has 0 atom stereocenters. The summed E-state index contributed by atoms with van der Waals surface area (Å²) in [7, 11) is 1.53. The number of hydrogen-bond acceptors (Lipinski definition) is 4. The molecule has 0 saturated heterocycles. The van der Waals surface area contributed by atoms with Crippen molar-refractivity contribution in [2.24, 2.45) is 0 Å². The van der Waals surface area contributed by atoms with Crippen molar-refractivity contribution in [3.05, 3.63) is 29.3 Å². The number of carbonyl (C=O) groups is 1. The molecule has 0 heterocycles. The Kier molecular flexibility index (Phi) is 6.01. The fourth-order valence-corrected chi connectivity index (χ4v) is 1.92. The molecule has 5 nitrogen and oxygen atoms in total. The van der Waals surface area contributed by atoms with Gasteiger partial charge in [-0.05, 0) is 31.5 Å². The third-order valence-electron chi connectivity index (χ3n) is 3.12. The maximum atomic E-state index is 10.7. The Labute approximate surface area is 119 Å². The van der Waals surface area contributed by atoms with Gasteiger partial charge in [0.25, 0.3) is 0 Å². The van der Waals surface area contributed by atoms with Gasteiger partial charge in [-0.25, -0.2) is 0 Å². The molecule has 0 aliphatic carbocycles. The molecule has 0 saturated carbocycles. The van der Waals surface area contributed by atoms with Gasteiger partial charge in [0.1, 0.15) is 11.8 Å².